The third-order valence-electron chi connectivity index (χ3n) is 4.73. The molecular weight excluding hydrogens is 413 g/mol. The minimum atomic E-state index is -0.423. The average molecular weight is 440 g/mol. The van der Waals surface area contributed by atoms with Crippen molar-refractivity contribution in [1.29, 1.82) is 0 Å². The fourth-order valence-corrected chi connectivity index (χ4v) is 3.94. The quantitative estimate of drug-likeness (QED) is 0.442. The number of carbonyl (C=O) groups is 2. The molecule has 1 aliphatic rings. The first-order valence-electron chi connectivity index (χ1n) is 10.4. The summed E-state index contributed by atoms with van der Waals surface area (Å²) in [6.07, 6.45) is 5.80. The normalized spacial score (nSPS) is 14.8. The molecule has 0 spiro atoms. The van der Waals surface area contributed by atoms with Crippen molar-refractivity contribution in [2.24, 2.45) is 4.99 Å². The maximum atomic E-state index is 14.1. The van der Waals surface area contributed by atoms with Crippen LogP contribution in [0, 0.1) is 5.82 Å². The number of anilines is 1. The van der Waals surface area contributed by atoms with E-state index in [2.05, 4.69) is 17.2 Å². The van der Waals surface area contributed by atoms with E-state index < -0.39 is 5.82 Å². The number of hydrogen-bond donors (Lipinski definition) is 1. The maximum absolute atomic E-state index is 14.1. The summed E-state index contributed by atoms with van der Waals surface area (Å²) in [6.45, 7) is 2.79. The van der Waals surface area contributed by atoms with Gasteiger partial charge < -0.3 is 5.32 Å². The van der Waals surface area contributed by atoms with Gasteiger partial charge in [0.2, 0.25) is 5.91 Å². The van der Waals surface area contributed by atoms with E-state index in [1.54, 1.807) is 30.3 Å². The van der Waals surface area contributed by atoms with Crippen molar-refractivity contribution in [2.75, 3.05) is 17.2 Å². The highest BCUT2D eigenvalue weighted by Crippen LogP contribution is 2.29. The summed E-state index contributed by atoms with van der Waals surface area (Å²) < 4.78 is 14.1. The van der Waals surface area contributed by atoms with Crippen LogP contribution in [-0.4, -0.2) is 29.3 Å². The first kappa shape index (κ1) is 22.7. The van der Waals surface area contributed by atoms with Gasteiger partial charge in [-0.1, -0.05) is 74.3 Å². The van der Waals surface area contributed by atoms with Crippen molar-refractivity contribution in [1.82, 2.24) is 5.32 Å². The molecule has 0 bridgehead atoms. The molecular formula is C24H26FN3O2S. The molecule has 2 aromatic carbocycles. The Balaban J connectivity index is 1.73. The van der Waals surface area contributed by atoms with Crippen LogP contribution >= 0.6 is 11.8 Å². The summed E-state index contributed by atoms with van der Waals surface area (Å²) >= 11 is 1.19. The average Bonchev–Trinajstić information content (AvgIpc) is 3.09. The summed E-state index contributed by atoms with van der Waals surface area (Å²) in [7, 11) is 0. The number of thioether (sulfide) groups is 1. The number of nitrogens with one attached hydrogen (secondary N) is 1. The van der Waals surface area contributed by atoms with E-state index >= 15 is 0 Å². The van der Waals surface area contributed by atoms with Gasteiger partial charge in [0.05, 0.1) is 11.4 Å². The second-order valence-corrected chi connectivity index (χ2v) is 8.06. The summed E-state index contributed by atoms with van der Waals surface area (Å²) in [5, 5.41) is 3.31. The number of unbranched alkanes of at least 4 members (excludes halogenated alkanes) is 3. The van der Waals surface area contributed by atoms with Crippen molar-refractivity contribution < 1.29 is 14.0 Å². The SMILES string of the molecule is CCCCCCNC(=O)CSC1=NC(=Cc2ccccc2F)C(=O)N1c1ccccc1. The van der Waals surface area contributed by atoms with E-state index in [-0.39, 0.29) is 23.3 Å². The minimum Gasteiger partial charge on any atom is -0.355 e. The lowest BCUT2D eigenvalue weighted by Gasteiger charge is -2.17. The second kappa shape index (κ2) is 11.5. The zero-order chi connectivity index (χ0) is 22.1. The van der Waals surface area contributed by atoms with E-state index in [1.807, 2.05) is 18.2 Å². The van der Waals surface area contributed by atoms with E-state index in [0.29, 0.717) is 23.0 Å². The number of halogens is 1. The molecule has 0 aliphatic carbocycles. The molecule has 1 N–H and O–H groups in total. The van der Waals surface area contributed by atoms with Crippen LogP contribution in [-0.2, 0) is 9.59 Å². The van der Waals surface area contributed by atoms with Gasteiger partial charge in [-0.15, -0.1) is 0 Å². The number of hydrogen-bond acceptors (Lipinski definition) is 4. The van der Waals surface area contributed by atoms with Crippen LogP contribution in [0.25, 0.3) is 6.08 Å². The van der Waals surface area contributed by atoms with Crippen LogP contribution < -0.4 is 10.2 Å². The molecule has 7 heteroatoms. The highest BCUT2D eigenvalue weighted by atomic mass is 32.2. The molecule has 31 heavy (non-hydrogen) atoms. The number of para-hydroxylation sites is 1. The lowest BCUT2D eigenvalue weighted by Crippen LogP contribution is -2.32. The number of amidine groups is 1. The Labute approximate surface area is 186 Å². The molecule has 0 atom stereocenters. The van der Waals surface area contributed by atoms with Crippen LogP contribution in [0.15, 0.2) is 65.3 Å². The summed E-state index contributed by atoms with van der Waals surface area (Å²) in [4.78, 5) is 31.2. The second-order valence-electron chi connectivity index (χ2n) is 7.12. The number of aliphatic imine (C=N–C) groups is 1. The molecule has 162 valence electrons. The maximum Gasteiger partial charge on any atom is 0.283 e. The molecule has 0 radical (unpaired) electrons. The zero-order valence-electron chi connectivity index (χ0n) is 17.5. The minimum absolute atomic E-state index is 0.101. The summed E-state index contributed by atoms with van der Waals surface area (Å²) in [5.41, 5.74) is 1.07. The van der Waals surface area contributed by atoms with Crippen LogP contribution in [0.2, 0.25) is 0 Å². The highest BCUT2D eigenvalue weighted by molar-refractivity contribution is 8.14. The number of benzene rings is 2. The van der Waals surface area contributed by atoms with E-state index in [4.69, 9.17) is 0 Å². The Morgan fingerprint density at radius 1 is 1.10 bits per heavy atom. The van der Waals surface area contributed by atoms with Crippen LogP contribution in [0.3, 0.4) is 0 Å². The Morgan fingerprint density at radius 2 is 1.84 bits per heavy atom. The summed E-state index contributed by atoms with van der Waals surface area (Å²) in [5.74, 6) is -0.725. The molecule has 0 aromatic heterocycles. The first-order chi connectivity index (χ1) is 15.1. The van der Waals surface area contributed by atoms with Gasteiger partial charge in [-0.25, -0.2) is 9.38 Å². The zero-order valence-corrected chi connectivity index (χ0v) is 18.3. The van der Waals surface area contributed by atoms with Gasteiger partial charge in [0.1, 0.15) is 11.5 Å². The number of amides is 2. The molecule has 2 amide bonds. The molecule has 0 fully saturated rings. The van der Waals surface area contributed by atoms with E-state index in [9.17, 15) is 14.0 Å². The van der Waals surface area contributed by atoms with Crippen LogP contribution in [0.5, 0.6) is 0 Å². The fourth-order valence-electron chi connectivity index (χ4n) is 3.10. The molecule has 0 unspecified atom stereocenters. The molecule has 2 aromatic rings. The first-order valence-corrected chi connectivity index (χ1v) is 11.4. The molecule has 0 saturated heterocycles. The number of nitrogens with zero attached hydrogens (tertiary/aromatic N) is 2. The van der Waals surface area contributed by atoms with Crippen molar-refractivity contribution in [2.45, 2.75) is 32.6 Å². The van der Waals surface area contributed by atoms with E-state index in [1.165, 1.54) is 28.8 Å². The molecule has 5 nitrogen and oxygen atoms in total. The van der Waals surface area contributed by atoms with E-state index in [0.717, 1.165) is 25.7 Å². The van der Waals surface area contributed by atoms with Gasteiger partial charge in [-0.05, 0) is 30.7 Å². The number of rotatable bonds is 9. The topological polar surface area (TPSA) is 61.8 Å². The number of carbonyl (C=O) groups excluding carboxylic acids is 2. The Kier molecular flexibility index (Phi) is 8.41. The highest BCUT2D eigenvalue weighted by Gasteiger charge is 2.32. The Bertz CT molecular complexity index is 976. The lowest BCUT2D eigenvalue weighted by atomic mass is 10.1. The van der Waals surface area contributed by atoms with Gasteiger partial charge in [0.15, 0.2) is 5.17 Å². The van der Waals surface area contributed by atoms with Gasteiger partial charge in [-0.2, -0.15) is 0 Å². The van der Waals surface area contributed by atoms with Crippen LogP contribution in [0.1, 0.15) is 38.2 Å². The smallest absolute Gasteiger partial charge is 0.283 e. The van der Waals surface area contributed by atoms with Crippen LogP contribution in [0.4, 0.5) is 10.1 Å². The molecule has 1 aliphatic heterocycles. The molecule has 0 saturated carbocycles. The third kappa shape index (κ3) is 6.28. The summed E-state index contributed by atoms with van der Waals surface area (Å²) in [6, 6.07) is 15.3. The molecule has 3 rings (SSSR count). The fraction of sp³-hybridized carbons (Fsp3) is 0.292. The third-order valence-corrected chi connectivity index (χ3v) is 5.66. The van der Waals surface area contributed by atoms with Gasteiger partial charge in [0.25, 0.3) is 5.91 Å². The van der Waals surface area contributed by atoms with Gasteiger partial charge in [0, 0.05) is 12.1 Å². The Hall–Kier alpha value is -2.93. The van der Waals surface area contributed by atoms with Crippen molar-refractivity contribution in [3.63, 3.8) is 0 Å². The Morgan fingerprint density at radius 3 is 2.58 bits per heavy atom. The van der Waals surface area contributed by atoms with Crippen molar-refractivity contribution in [3.8, 4) is 0 Å². The standard InChI is InChI=1S/C24H26FN3O2S/c1-2-3-4-10-15-26-22(29)17-31-24-27-21(16-18-11-8-9-14-20(18)25)23(30)28(24)19-12-6-5-7-13-19/h5-9,11-14,16H,2-4,10,15,17H2,1H3,(H,26,29). The van der Waals surface area contributed by atoms with Gasteiger partial charge in [-0.3, -0.25) is 14.5 Å². The van der Waals surface area contributed by atoms with Gasteiger partial charge >= 0.3 is 0 Å². The lowest BCUT2D eigenvalue weighted by molar-refractivity contribution is -0.118. The monoisotopic (exact) mass is 439 g/mol. The van der Waals surface area contributed by atoms with Crippen molar-refractivity contribution in [3.05, 3.63) is 71.7 Å². The predicted octanol–water partition coefficient (Wildman–Crippen LogP) is 5.00. The van der Waals surface area contributed by atoms with Crippen molar-refractivity contribution >= 4 is 40.5 Å². The predicted molar refractivity (Wildman–Crippen MR) is 125 cm³/mol. The molecule has 1 heterocycles. The largest absolute Gasteiger partial charge is 0.355 e.